The molecule has 0 spiro atoms. The molecule has 0 bridgehead atoms. The molecule has 2 aromatic heterocycles. The van der Waals surface area contributed by atoms with E-state index in [1.54, 1.807) is 33.2 Å². The van der Waals surface area contributed by atoms with Crippen LogP contribution in [-0.2, 0) is 16.1 Å². The average Bonchev–Trinajstić information content (AvgIpc) is 3.02. The van der Waals surface area contributed by atoms with Gasteiger partial charge in [0.15, 0.2) is 5.69 Å². The van der Waals surface area contributed by atoms with Crippen molar-refractivity contribution in [2.75, 3.05) is 0 Å². The van der Waals surface area contributed by atoms with Gasteiger partial charge in [-0.15, -0.1) is 0 Å². The van der Waals surface area contributed by atoms with Crippen molar-refractivity contribution < 1.29 is 14.3 Å². The molecule has 0 radical (unpaired) electrons. The molecular weight excluding hydrogens is 310 g/mol. The third-order valence-electron chi connectivity index (χ3n) is 3.54. The van der Waals surface area contributed by atoms with Crippen molar-refractivity contribution >= 4 is 11.9 Å². The van der Waals surface area contributed by atoms with E-state index in [0.717, 1.165) is 18.4 Å². The Bertz CT molecular complexity index is 780. The van der Waals surface area contributed by atoms with Gasteiger partial charge in [-0.2, -0.15) is 10.2 Å². The summed E-state index contributed by atoms with van der Waals surface area (Å²) in [6.07, 6.45) is 7.40. The third kappa shape index (κ3) is 3.64. The van der Waals surface area contributed by atoms with Crippen LogP contribution in [0.5, 0.6) is 0 Å². The maximum absolute atomic E-state index is 11.9. The molecule has 128 valence electrons. The zero-order valence-corrected chi connectivity index (χ0v) is 14.0. The first kappa shape index (κ1) is 16.2. The number of esters is 1. The van der Waals surface area contributed by atoms with Gasteiger partial charge >= 0.3 is 5.97 Å². The second-order valence-electron chi connectivity index (χ2n) is 6.98. The largest absolute Gasteiger partial charge is 0.459 e. The molecule has 1 fully saturated rings. The number of nitrogens with two attached hydrogens (primary N) is 1. The highest BCUT2D eigenvalue weighted by Crippen LogP contribution is 2.35. The van der Waals surface area contributed by atoms with Crippen LogP contribution >= 0.6 is 0 Å². The molecule has 0 aromatic carbocycles. The Balaban J connectivity index is 1.84. The fourth-order valence-corrected chi connectivity index (χ4v) is 2.42. The quantitative estimate of drug-likeness (QED) is 0.836. The number of carbonyl (C=O) groups is 2. The predicted molar refractivity (Wildman–Crippen MR) is 86.1 cm³/mol. The third-order valence-corrected chi connectivity index (χ3v) is 3.54. The van der Waals surface area contributed by atoms with E-state index in [4.69, 9.17) is 10.5 Å². The van der Waals surface area contributed by atoms with Crippen molar-refractivity contribution in [3.63, 3.8) is 0 Å². The Labute approximate surface area is 139 Å². The Morgan fingerprint density at radius 2 is 2.04 bits per heavy atom. The highest BCUT2D eigenvalue weighted by atomic mass is 16.6. The minimum absolute atomic E-state index is 0.0890. The van der Waals surface area contributed by atoms with Gasteiger partial charge in [0.05, 0.1) is 12.2 Å². The lowest BCUT2D eigenvalue weighted by atomic mass is 10.1. The van der Waals surface area contributed by atoms with Crippen LogP contribution in [0.1, 0.15) is 50.1 Å². The van der Waals surface area contributed by atoms with Gasteiger partial charge < -0.3 is 10.5 Å². The number of nitrogens with zero attached hydrogens (tertiary/aromatic N) is 4. The molecule has 1 saturated carbocycles. The van der Waals surface area contributed by atoms with Crippen LogP contribution in [0.4, 0.5) is 0 Å². The second-order valence-corrected chi connectivity index (χ2v) is 6.98. The lowest BCUT2D eigenvalue weighted by molar-refractivity contribution is -0.155. The van der Waals surface area contributed by atoms with Gasteiger partial charge in [-0.1, -0.05) is 0 Å². The van der Waals surface area contributed by atoms with Crippen molar-refractivity contribution in [1.29, 1.82) is 0 Å². The Kier molecular flexibility index (Phi) is 3.90. The number of carbonyl (C=O) groups excluding carboxylic acids is 2. The summed E-state index contributed by atoms with van der Waals surface area (Å²) in [7, 11) is 0. The number of rotatable bonds is 5. The monoisotopic (exact) mass is 331 g/mol. The Hall–Kier alpha value is -2.64. The zero-order valence-electron chi connectivity index (χ0n) is 14.0. The summed E-state index contributed by atoms with van der Waals surface area (Å²) in [5.41, 5.74) is 6.28. The van der Waals surface area contributed by atoms with E-state index in [9.17, 15) is 9.59 Å². The zero-order chi connectivity index (χ0) is 17.5. The molecule has 8 heteroatoms. The summed E-state index contributed by atoms with van der Waals surface area (Å²) in [5, 5.41) is 8.44. The smallest absolute Gasteiger partial charge is 0.328 e. The summed E-state index contributed by atoms with van der Waals surface area (Å²) in [6.45, 7) is 5.29. The van der Waals surface area contributed by atoms with Crippen LogP contribution in [-0.4, -0.2) is 37.0 Å². The minimum atomic E-state index is -0.646. The normalized spacial score (nSPS) is 14.6. The number of hydrogen-bond donors (Lipinski definition) is 1. The van der Waals surface area contributed by atoms with Crippen LogP contribution in [0.15, 0.2) is 18.6 Å². The van der Waals surface area contributed by atoms with Gasteiger partial charge in [-0.05, 0) is 33.6 Å². The van der Waals surface area contributed by atoms with E-state index >= 15 is 0 Å². The van der Waals surface area contributed by atoms with Crippen molar-refractivity contribution in [2.45, 2.75) is 51.8 Å². The SMILES string of the molecule is CC(C)(C)OC(=O)Cn1cc(-c2cnn(C3CC3)c2)c(C(N)=O)n1. The fraction of sp³-hybridized carbons (Fsp3) is 0.500. The highest BCUT2D eigenvalue weighted by Gasteiger charge is 2.26. The number of primary amides is 1. The highest BCUT2D eigenvalue weighted by molar-refractivity contribution is 5.97. The Morgan fingerprint density at radius 1 is 1.33 bits per heavy atom. The maximum Gasteiger partial charge on any atom is 0.328 e. The number of amides is 1. The van der Waals surface area contributed by atoms with E-state index in [2.05, 4.69) is 10.2 Å². The molecule has 3 rings (SSSR count). The summed E-state index contributed by atoms with van der Waals surface area (Å²) >= 11 is 0. The van der Waals surface area contributed by atoms with Crippen molar-refractivity contribution in [1.82, 2.24) is 19.6 Å². The Morgan fingerprint density at radius 3 is 2.62 bits per heavy atom. The molecule has 0 atom stereocenters. The molecule has 1 aliphatic rings. The number of aromatic nitrogens is 4. The van der Waals surface area contributed by atoms with Gasteiger partial charge in [0.25, 0.3) is 5.91 Å². The maximum atomic E-state index is 11.9. The molecule has 8 nitrogen and oxygen atoms in total. The molecule has 1 amide bonds. The first-order valence-corrected chi connectivity index (χ1v) is 7.86. The second kappa shape index (κ2) is 5.77. The van der Waals surface area contributed by atoms with E-state index < -0.39 is 17.5 Å². The van der Waals surface area contributed by atoms with Gasteiger partial charge in [-0.25, -0.2) is 0 Å². The summed E-state index contributed by atoms with van der Waals surface area (Å²) in [4.78, 5) is 23.6. The molecule has 0 unspecified atom stereocenters. The van der Waals surface area contributed by atoms with Gasteiger partial charge in [-0.3, -0.25) is 19.0 Å². The fourth-order valence-electron chi connectivity index (χ4n) is 2.42. The number of ether oxygens (including phenoxy) is 1. The van der Waals surface area contributed by atoms with Crippen LogP contribution in [0.2, 0.25) is 0 Å². The van der Waals surface area contributed by atoms with Crippen molar-refractivity contribution in [3.8, 4) is 11.1 Å². The standard InChI is InChI=1S/C16H21N5O3/c1-16(2,3)24-13(22)9-20-8-12(14(19-20)15(17)23)10-6-18-21(7-10)11-4-5-11/h6-8,11H,4-5,9H2,1-3H3,(H2,17,23). The van der Waals surface area contributed by atoms with E-state index in [1.165, 1.54) is 4.68 Å². The van der Waals surface area contributed by atoms with Gasteiger partial charge in [0.1, 0.15) is 12.1 Å². The van der Waals surface area contributed by atoms with Crippen molar-refractivity contribution in [3.05, 3.63) is 24.3 Å². The van der Waals surface area contributed by atoms with Crippen LogP contribution in [0, 0.1) is 0 Å². The van der Waals surface area contributed by atoms with Gasteiger partial charge in [0, 0.05) is 23.5 Å². The van der Waals surface area contributed by atoms with E-state index in [-0.39, 0.29) is 12.2 Å². The van der Waals surface area contributed by atoms with Crippen LogP contribution in [0.3, 0.4) is 0 Å². The lowest BCUT2D eigenvalue weighted by Gasteiger charge is -2.19. The van der Waals surface area contributed by atoms with Crippen molar-refractivity contribution in [2.24, 2.45) is 5.73 Å². The summed E-state index contributed by atoms with van der Waals surface area (Å²) in [5.74, 6) is -1.08. The predicted octanol–water partition coefficient (Wildman–Crippen LogP) is 1.52. The first-order valence-electron chi connectivity index (χ1n) is 7.86. The topological polar surface area (TPSA) is 105 Å². The molecule has 0 saturated heterocycles. The minimum Gasteiger partial charge on any atom is -0.459 e. The molecule has 2 aromatic rings. The summed E-state index contributed by atoms with van der Waals surface area (Å²) < 4.78 is 8.52. The first-order chi connectivity index (χ1) is 11.2. The summed E-state index contributed by atoms with van der Waals surface area (Å²) in [6, 6.07) is 0.438. The average molecular weight is 331 g/mol. The molecule has 2 heterocycles. The van der Waals surface area contributed by atoms with Gasteiger partial charge in [0.2, 0.25) is 0 Å². The lowest BCUT2D eigenvalue weighted by Crippen LogP contribution is -2.26. The van der Waals surface area contributed by atoms with E-state index in [1.807, 2.05) is 10.9 Å². The van der Waals surface area contributed by atoms with Crippen LogP contribution in [0.25, 0.3) is 11.1 Å². The molecule has 1 aliphatic carbocycles. The van der Waals surface area contributed by atoms with Crippen LogP contribution < -0.4 is 5.73 Å². The number of hydrogen-bond acceptors (Lipinski definition) is 5. The molecule has 2 N–H and O–H groups in total. The molecule has 0 aliphatic heterocycles. The molecule has 24 heavy (non-hydrogen) atoms. The van der Waals surface area contributed by atoms with E-state index in [0.29, 0.717) is 11.6 Å². The molecular formula is C16H21N5O3.